The fraction of sp³-hybridized carbons (Fsp3) is 0.714. The van der Waals surface area contributed by atoms with Gasteiger partial charge < -0.3 is 5.32 Å². The second-order valence-corrected chi connectivity index (χ2v) is 8.22. The van der Waals surface area contributed by atoms with Crippen LogP contribution in [0.25, 0.3) is 0 Å². The van der Waals surface area contributed by atoms with Crippen molar-refractivity contribution in [2.45, 2.75) is 40.5 Å². The van der Waals surface area contributed by atoms with Crippen LogP contribution in [-0.2, 0) is 6.42 Å². The molecule has 1 aromatic heterocycles. The Hall–Kier alpha value is 0.140. The third-order valence-electron chi connectivity index (χ3n) is 3.12. The Labute approximate surface area is 118 Å². The Balaban J connectivity index is 2.57. The van der Waals surface area contributed by atoms with Crippen LogP contribution in [0.15, 0.2) is 15.9 Å². The molecule has 0 aliphatic carbocycles. The molecule has 0 aliphatic heterocycles. The van der Waals surface area contributed by atoms with Gasteiger partial charge in [-0.05, 0) is 65.3 Å². The first-order valence-corrected chi connectivity index (χ1v) is 7.99. The van der Waals surface area contributed by atoms with E-state index in [9.17, 15) is 0 Å². The summed E-state index contributed by atoms with van der Waals surface area (Å²) in [5, 5.41) is 3.56. The summed E-state index contributed by atoms with van der Waals surface area (Å²) in [6, 6.07) is 4.40. The van der Waals surface area contributed by atoms with Gasteiger partial charge in [0.1, 0.15) is 0 Å². The van der Waals surface area contributed by atoms with Gasteiger partial charge >= 0.3 is 0 Å². The van der Waals surface area contributed by atoms with Gasteiger partial charge in [-0.3, -0.25) is 0 Å². The molecule has 1 rings (SSSR count). The first kappa shape index (κ1) is 15.2. The highest BCUT2D eigenvalue weighted by Gasteiger charge is 2.24. The third kappa shape index (κ3) is 5.54. The molecule has 98 valence electrons. The van der Waals surface area contributed by atoms with E-state index in [0.29, 0.717) is 11.3 Å². The van der Waals surface area contributed by atoms with Crippen LogP contribution in [0.3, 0.4) is 0 Å². The monoisotopic (exact) mass is 317 g/mol. The zero-order valence-electron chi connectivity index (χ0n) is 11.3. The molecule has 1 aromatic rings. The minimum absolute atomic E-state index is 0.358. The summed E-state index contributed by atoms with van der Waals surface area (Å²) in [6.45, 7) is 11.5. The molecule has 1 unspecified atom stereocenters. The van der Waals surface area contributed by atoms with E-state index >= 15 is 0 Å². The molecule has 1 heterocycles. The lowest BCUT2D eigenvalue weighted by Crippen LogP contribution is -2.33. The molecule has 1 nitrogen and oxygen atoms in total. The van der Waals surface area contributed by atoms with E-state index in [1.54, 1.807) is 0 Å². The van der Waals surface area contributed by atoms with Gasteiger partial charge in [-0.15, -0.1) is 11.3 Å². The lowest BCUT2D eigenvalue weighted by Gasteiger charge is -2.30. The van der Waals surface area contributed by atoms with E-state index < -0.39 is 0 Å². The fourth-order valence-electron chi connectivity index (χ4n) is 1.84. The molecule has 0 amide bonds. The molecule has 0 saturated carbocycles. The number of rotatable bonds is 6. The Morgan fingerprint density at radius 3 is 2.53 bits per heavy atom. The number of hydrogen-bond acceptors (Lipinski definition) is 2. The normalized spacial score (nSPS) is 13.9. The summed E-state index contributed by atoms with van der Waals surface area (Å²) < 4.78 is 1.24. The molecule has 0 saturated heterocycles. The lowest BCUT2D eigenvalue weighted by molar-refractivity contribution is 0.232. The van der Waals surface area contributed by atoms with Crippen LogP contribution in [0.1, 0.15) is 39.0 Å². The van der Waals surface area contributed by atoms with Crippen molar-refractivity contribution in [3.63, 3.8) is 0 Å². The Morgan fingerprint density at radius 1 is 1.35 bits per heavy atom. The van der Waals surface area contributed by atoms with E-state index in [0.717, 1.165) is 13.1 Å². The minimum Gasteiger partial charge on any atom is -0.316 e. The number of hydrogen-bond donors (Lipinski definition) is 1. The molecule has 0 radical (unpaired) electrons. The number of thiophene rings is 1. The molecule has 0 aliphatic rings. The summed E-state index contributed by atoms with van der Waals surface area (Å²) in [4.78, 5) is 1.48. The van der Waals surface area contributed by atoms with Crippen molar-refractivity contribution in [2.24, 2.45) is 11.3 Å². The smallest absolute Gasteiger partial charge is 0.0701 e. The van der Waals surface area contributed by atoms with Gasteiger partial charge in [0.05, 0.1) is 3.79 Å². The van der Waals surface area contributed by atoms with Crippen LogP contribution in [0, 0.1) is 11.3 Å². The van der Waals surface area contributed by atoms with Gasteiger partial charge in [-0.1, -0.05) is 27.7 Å². The summed E-state index contributed by atoms with van der Waals surface area (Å²) in [5.41, 5.74) is 0.358. The summed E-state index contributed by atoms with van der Waals surface area (Å²) in [5.74, 6) is 0.694. The predicted octanol–water partition coefficient (Wildman–Crippen LogP) is 4.72. The number of halogens is 1. The Morgan fingerprint density at radius 2 is 2.06 bits per heavy atom. The van der Waals surface area contributed by atoms with Gasteiger partial charge in [0, 0.05) is 4.88 Å². The van der Waals surface area contributed by atoms with Crippen molar-refractivity contribution in [3.8, 4) is 0 Å². The molecule has 0 fully saturated rings. The molecule has 0 aromatic carbocycles. The Bertz CT molecular complexity index is 327. The van der Waals surface area contributed by atoms with Crippen molar-refractivity contribution in [3.05, 3.63) is 20.8 Å². The van der Waals surface area contributed by atoms with Crippen molar-refractivity contribution in [1.82, 2.24) is 5.32 Å². The van der Waals surface area contributed by atoms with Crippen LogP contribution < -0.4 is 5.32 Å². The van der Waals surface area contributed by atoms with Crippen LogP contribution in [0.5, 0.6) is 0 Å². The molecule has 1 atom stereocenters. The zero-order chi connectivity index (χ0) is 12.9. The quantitative estimate of drug-likeness (QED) is 0.749. The SMILES string of the molecule is CCCNCC(Cc1ccc(Br)s1)C(C)(C)C. The number of nitrogens with one attached hydrogen (secondary N) is 1. The first-order chi connectivity index (χ1) is 7.93. The Kier molecular flexibility index (Phi) is 6.18. The maximum Gasteiger partial charge on any atom is 0.0701 e. The minimum atomic E-state index is 0.358. The van der Waals surface area contributed by atoms with Crippen molar-refractivity contribution in [1.29, 1.82) is 0 Å². The molecular formula is C14H24BrNS. The molecule has 0 spiro atoms. The van der Waals surface area contributed by atoms with E-state index in [-0.39, 0.29) is 0 Å². The average Bonchev–Trinajstić information content (AvgIpc) is 2.61. The maximum atomic E-state index is 3.56. The van der Waals surface area contributed by atoms with Gasteiger partial charge in [0.2, 0.25) is 0 Å². The van der Waals surface area contributed by atoms with E-state index in [1.165, 1.54) is 21.5 Å². The topological polar surface area (TPSA) is 12.0 Å². The summed E-state index contributed by atoms with van der Waals surface area (Å²) >= 11 is 5.40. The fourth-order valence-corrected chi connectivity index (χ4v) is 3.40. The van der Waals surface area contributed by atoms with Crippen LogP contribution in [-0.4, -0.2) is 13.1 Å². The van der Waals surface area contributed by atoms with Crippen LogP contribution in [0.4, 0.5) is 0 Å². The van der Waals surface area contributed by atoms with Gasteiger partial charge in [0.25, 0.3) is 0 Å². The zero-order valence-corrected chi connectivity index (χ0v) is 13.7. The molecule has 17 heavy (non-hydrogen) atoms. The standard InChI is InChI=1S/C14H24BrNS/c1-5-8-16-10-11(14(2,3)4)9-12-6-7-13(15)17-12/h6-7,11,16H,5,8-10H2,1-4H3. The van der Waals surface area contributed by atoms with Gasteiger partial charge in [-0.25, -0.2) is 0 Å². The summed E-state index contributed by atoms with van der Waals surface area (Å²) in [6.07, 6.45) is 2.39. The lowest BCUT2D eigenvalue weighted by atomic mass is 9.78. The van der Waals surface area contributed by atoms with E-state index in [4.69, 9.17) is 0 Å². The average molecular weight is 318 g/mol. The van der Waals surface area contributed by atoms with Crippen molar-refractivity contribution in [2.75, 3.05) is 13.1 Å². The van der Waals surface area contributed by atoms with Crippen LogP contribution >= 0.6 is 27.3 Å². The molecular weight excluding hydrogens is 294 g/mol. The van der Waals surface area contributed by atoms with Gasteiger partial charge in [-0.2, -0.15) is 0 Å². The van der Waals surface area contributed by atoms with Crippen molar-refractivity contribution < 1.29 is 0 Å². The summed E-state index contributed by atoms with van der Waals surface area (Å²) in [7, 11) is 0. The van der Waals surface area contributed by atoms with E-state index in [1.807, 2.05) is 11.3 Å². The highest BCUT2D eigenvalue weighted by molar-refractivity contribution is 9.11. The largest absolute Gasteiger partial charge is 0.316 e. The second kappa shape index (κ2) is 6.91. The molecule has 3 heteroatoms. The van der Waals surface area contributed by atoms with Crippen molar-refractivity contribution >= 4 is 27.3 Å². The highest BCUT2D eigenvalue weighted by Crippen LogP contribution is 2.32. The predicted molar refractivity (Wildman–Crippen MR) is 81.8 cm³/mol. The maximum absolute atomic E-state index is 3.56. The molecule has 1 N–H and O–H groups in total. The van der Waals surface area contributed by atoms with Gasteiger partial charge in [0.15, 0.2) is 0 Å². The second-order valence-electron chi connectivity index (χ2n) is 5.68. The first-order valence-electron chi connectivity index (χ1n) is 6.38. The highest BCUT2D eigenvalue weighted by atomic mass is 79.9. The van der Waals surface area contributed by atoms with Crippen LogP contribution in [0.2, 0.25) is 0 Å². The van der Waals surface area contributed by atoms with E-state index in [2.05, 4.69) is 61.1 Å². The third-order valence-corrected chi connectivity index (χ3v) is 4.76. The molecule has 0 bridgehead atoms.